The van der Waals surface area contributed by atoms with Gasteiger partial charge in [0.05, 0.1) is 5.69 Å². The number of aliphatic imine (C=N–C) groups is 1. The molecule has 1 aromatic heterocycles. The normalized spacial score (nSPS) is 21.4. The molecule has 2 heterocycles. The molecule has 9 heteroatoms. The fourth-order valence-corrected chi connectivity index (χ4v) is 4.26. The van der Waals surface area contributed by atoms with Crippen LogP contribution in [0.5, 0.6) is 0 Å². The Morgan fingerprint density at radius 3 is 2.64 bits per heavy atom. The molecule has 25 heavy (non-hydrogen) atoms. The first-order valence-electron chi connectivity index (χ1n) is 8.82. The van der Waals surface area contributed by atoms with Crippen molar-refractivity contribution in [2.24, 2.45) is 10.4 Å². The van der Waals surface area contributed by atoms with E-state index in [9.17, 15) is 8.42 Å². The molecule has 1 saturated carbocycles. The molecule has 0 aromatic carbocycles. The summed E-state index contributed by atoms with van der Waals surface area (Å²) in [4.78, 5) is 6.91. The Hall–Kier alpha value is -1.61. The minimum absolute atomic E-state index is 0.115. The van der Waals surface area contributed by atoms with Crippen molar-refractivity contribution in [2.75, 3.05) is 39.3 Å². The molecule has 2 fully saturated rings. The molecule has 0 amide bonds. The molecule has 1 aliphatic carbocycles. The molecule has 8 nitrogen and oxygen atoms in total. The number of sulfonamides is 1. The zero-order chi connectivity index (χ0) is 17.9. The fraction of sp³-hybridized carbons (Fsp3) is 0.750. The van der Waals surface area contributed by atoms with Crippen molar-refractivity contribution < 1.29 is 12.9 Å². The fourth-order valence-electron chi connectivity index (χ4n) is 2.83. The Labute approximate surface area is 149 Å². The van der Waals surface area contributed by atoms with Crippen LogP contribution in [0, 0.1) is 5.41 Å². The zero-order valence-corrected chi connectivity index (χ0v) is 15.8. The van der Waals surface area contributed by atoms with Crippen molar-refractivity contribution in [3.63, 3.8) is 0 Å². The molecule has 3 rings (SSSR count). The minimum Gasteiger partial charge on any atom is -0.364 e. The zero-order valence-electron chi connectivity index (χ0n) is 14.9. The molecule has 1 aliphatic heterocycles. The minimum atomic E-state index is -3.37. The molecular formula is C16H27N5O3S. The first-order chi connectivity index (χ1) is 11.9. The molecule has 0 unspecified atom stereocenters. The maximum atomic E-state index is 12.5. The van der Waals surface area contributed by atoms with Crippen LogP contribution in [0.2, 0.25) is 0 Å². The summed E-state index contributed by atoms with van der Waals surface area (Å²) in [6, 6.07) is 1.59. The number of hydrogen-bond donors (Lipinski definition) is 1. The van der Waals surface area contributed by atoms with E-state index in [1.165, 1.54) is 23.4 Å². The van der Waals surface area contributed by atoms with E-state index in [1.54, 1.807) is 6.07 Å². The second-order valence-electron chi connectivity index (χ2n) is 7.11. The van der Waals surface area contributed by atoms with E-state index in [-0.39, 0.29) is 5.75 Å². The lowest BCUT2D eigenvalue weighted by Gasteiger charge is -2.35. The van der Waals surface area contributed by atoms with Crippen LogP contribution in [0.15, 0.2) is 21.8 Å². The first kappa shape index (κ1) is 18.2. The van der Waals surface area contributed by atoms with Gasteiger partial charge in [-0.25, -0.2) is 8.42 Å². The van der Waals surface area contributed by atoms with Gasteiger partial charge in [-0.2, -0.15) is 4.31 Å². The quantitative estimate of drug-likeness (QED) is 0.591. The Morgan fingerprint density at radius 1 is 1.36 bits per heavy atom. The van der Waals surface area contributed by atoms with Gasteiger partial charge in [-0.1, -0.05) is 12.1 Å². The number of rotatable bonds is 6. The van der Waals surface area contributed by atoms with Gasteiger partial charge in [-0.05, 0) is 25.2 Å². The summed E-state index contributed by atoms with van der Waals surface area (Å²) >= 11 is 0. The molecule has 1 aromatic rings. The van der Waals surface area contributed by atoms with E-state index >= 15 is 0 Å². The SMILES string of the molecule is CCNC(=NCC1(C)CC1)N1CCN(S(=O)(=O)Cc2ccon2)CC1. The third-order valence-electron chi connectivity index (χ3n) is 4.80. The Bertz CT molecular complexity index is 689. The highest BCUT2D eigenvalue weighted by atomic mass is 32.2. The number of aromatic nitrogens is 1. The summed E-state index contributed by atoms with van der Waals surface area (Å²) in [5.41, 5.74) is 0.804. The lowest BCUT2D eigenvalue weighted by atomic mass is 10.1. The van der Waals surface area contributed by atoms with Gasteiger partial charge in [-0.15, -0.1) is 0 Å². The van der Waals surface area contributed by atoms with Crippen molar-refractivity contribution in [1.29, 1.82) is 0 Å². The van der Waals surface area contributed by atoms with Crippen molar-refractivity contribution in [1.82, 2.24) is 19.7 Å². The summed E-state index contributed by atoms with van der Waals surface area (Å²) in [7, 11) is -3.37. The number of nitrogens with one attached hydrogen (secondary N) is 1. The molecule has 0 spiro atoms. The van der Waals surface area contributed by atoms with Gasteiger partial charge < -0.3 is 14.7 Å². The van der Waals surface area contributed by atoms with Gasteiger partial charge >= 0.3 is 0 Å². The van der Waals surface area contributed by atoms with Crippen LogP contribution in [0.3, 0.4) is 0 Å². The molecule has 0 atom stereocenters. The van der Waals surface area contributed by atoms with Crippen LogP contribution in [-0.4, -0.2) is 68.0 Å². The number of guanidine groups is 1. The maximum absolute atomic E-state index is 12.5. The lowest BCUT2D eigenvalue weighted by molar-refractivity contribution is 0.259. The Kier molecular flexibility index (Phi) is 5.33. The summed E-state index contributed by atoms with van der Waals surface area (Å²) in [5, 5.41) is 7.02. The summed E-state index contributed by atoms with van der Waals surface area (Å²) in [6.07, 6.45) is 3.87. The number of hydrogen-bond acceptors (Lipinski definition) is 5. The van der Waals surface area contributed by atoms with Crippen molar-refractivity contribution in [3.8, 4) is 0 Å². The molecule has 1 N–H and O–H groups in total. The van der Waals surface area contributed by atoms with E-state index in [0.29, 0.717) is 37.3 Å². The van der Waals surface area contributed by atoms with E-state index in [4.69, 9.17) is 9.52 Å². The van der Waals surface area contributed by atoms with Crippen molar-refractivity contribution in [2.45, 2.75) is 32.4 Å². The van der Waals surface area contributed by atoms with Gasteiger partial charge in [-0.3, -0.25) is 4.99 Å². The summed E-state index contributed by atoms with van der Waals surface area (Å²) < 4.78 is 31.3. The average Bonchev–Trinajstić information content (AvgIpc) is 3.11. The van der Waals surface area contributed by atoms with Crippen LogP contribution < -0.4 is 5.32 Å². The smallest absolute Gasteiger partial charge is 0.220 e. The highest BCUT2D eigenvalue weighted by molar-refractivity contribution is 7.88. The highest BCUT2D eigenvalue weighted by Gasteiger charge is 2.37. The van der Waals surface area contributed by atoms with Crippen LogP contribution in [0.25, 0.3) is 0 Å². The van der Waals surface area contributed by atoms with Crippen LogP contribution in [-0.2, 0) is 15.8 Å². The van der Waals surface area contributed by atoms with Gasteiger partial charge in [0.1, 0.15) is 12.0 Å². The Morgan fingerprint density at radius 2 is 2.08 bits per heavy atom. The van der Waals surface area contributed by atoms with Crippen LogP contribution in [0.4, 0.5) is 0 Å². The van der Waals surface area contributed by atoms with Crippen molar-refractivity contribution >= 4 is 16.0 Å². The second-order valence-corrected chi connectivity index (χ2v) is 9.08. The molecular weight excluding hydrogens is 342 g/mol. The van der Waals surface area contributed by atoms with Crippen LogP contribution in [0.1, 0.15) is 32.4 Å². The topological polar surface area (TPSA) is 91.0 Å². The molecule has 140 valence electrons. The van der Waals surface area contributed by atoms with Gasteiger partial charge in [0.15, 0.2) is 5.96 Å². The highest BCUT2D eigenvalue weighted by Crippen LogP contribution is 2.45. The largest absolute Gasteiger partial charge is 0.364 e. The third kappa shape index (κ3) is 4.72. The van der Waals surface area contributed by atoms with Gasteiger partial charge in [0.2, 0.25) is 10.0 Å². The molecule has 1 saturated heterocycles. The molecule has 0 bridgehead atoms. The molecule has 0 radical (unpaired) electrons. The Balaban J connectivity index is 1.57. The summed E-state index contributed by atoms with van der Waals surface area (Å²) in [5.74, 6) is 0.778. The summed E-state index contributed by atoms with van der Waals surface area (Å²) in [6.45, 7) is 8.15. The number of nitrogens with zero attached hydrogens (tertiary/aromatic N) is 4. The molecule has 2 aliphatic rings. The van der Waals surface area contributed by atoms with Crippen LogP contribution >= 0.6 is 0 Å². The van der Waals surface area contributed by atoms with E-state index in [0.717, 1.165) is 19.0 Å². The lowest BCUT2D eigenvalue weighted by Crippen LogP contribution is -2.54. The first-order valence-corrected chi connectivity index (χ1v) is 10.4. The maximum Gasteiger partial charge on any atom is 0.220 e. The van der Waals surface area contributed by atoms with E-state index in [1.807, 2.05) is 6.92 Å². The van der Waals surface area contributed by atoms with E-state index in [2.05, 4.69) is 22.3 Å². The predicted molar refractivity (Wildman–Crippen MR) is 95.6 cm³/mol. The number of piperazine rings is 1. The standard InChI is InChI=1S/C16H27N5O3S/c1-3-17-15(18-13-16(2)5-6-16)20-7-9-21(10-8-20)25(22,23)12-14-4-11-24-19-14/h4,11H,3,5-10,12-13H2,1-2H3,(H,17,18). The third-order valence-corrected chi connectivity index (χ3v) is 6.61. The van der Waals surface area contributed by atoms with Crippen molar-refractivity contribution in [3.05, 3.63) is 18.0 Å². The van der Waals surface area contributed by atoms with Gasteiger partial charge in [0.25, 0.3) is 0 Å². The predicted octanol–water partition coefficient (Wildman–Crippen LogP) is 0.888. The average molecular weight is 369 g/mol. The van der Waals surface area contributed by atoms with E-state index < -0.39 is 10.0 Å². The monoisotopic (exact) mass is 369 g/mol. The second kappa shape index (κ2) is 7.33. The van der Waals surface area contributed by atoms with Gasteiger partial charge in [0, 0.05) is 45.3 Å².